The van der Waals surface area contributed by atoms with E-state index in [0.717, 1.165) is 0 Å². The summed E-state index contributed by atoms with van der Waals surface area (Å²) >= 11 is 0. The zero-order chi connectivity index (χ0) is 14.5. The Bertz CT molecular complexity index is 647. The molecule has 2 aromatic carbocycles. The highest BCUT2D eigenvalue weighted by Gasteiger charge is 2.17. The smallest absolute Gasteiger partial charge is 0.196 e. The molecule has 0 saturated heterocycles. The number of rotatable bonds is 5. The van der Waals surface area contributed by atoms with E-state index in [-0.39, 0.29) is 11.5 Å². The van der Waals surface area contributed by atoms with Gasteiger partial charge in [-0.05, 0) is 24.3 Å². The van der Waals surface area contributed by atoms with Crippen LogP contribution in [0, 0.1) is 0 Å². The van der Waals surface area contributed by atoms with Crippen LogP contribution in [0.1, 0.15) is 26.3 Å². The number of hydrogen-bond acceptors (Lipinski definition) is 4. The van der Waals surface area contributed by atoms with Crippen LogP contribution in [-0.4, -0.2) is 26.3 Å². The molecule has 0 aliphatic carbocycles. The first-order valence-corrected chi connectivity index (χ1v) is 6.02. The molecule has 4 heteroatoms. The van der Waals surface area contributed by atoms with Gasteiger partial charge in [-0.25, -0.2) is 0 Å². The summed E-state index contributed by atoms with van der Waals surface area (Å²) in [7, 11) is 2.97. The summed E-state index contributed by atoms with van der Waals surface area (Å²) in [5, 5.41) is 0. The number of hydrogen-bond donors (Lipinski definition) is 0. The fraction of sp³-hybridized carbons (Fsp3) is 0.125. The Morgan fingerprint density at radius 2 is 1.80 bits per heavy atom. The van der Waals surface area contributed by atoms with Gasteiger partial charge in [0, 0.05) is 5.56 Å². The summed E-state index contributed by atoms with van der Waals surface area (Å²) in [5.41, 5.74) is 1.18. The molecule has 0 amide bonds. The van der Waals surface area contributed by atoms with E-state index in [4.69, 9.17) is 9.47 Å². The number of carbonyl (C=O) groups excluding carboxylic acids is 2. The van der Waals surface area contributed by atoms with Crippen molar-refractivity contribution in [1.82, 2.24) is 0 Å². The van der Waals surface area contributed by atoms with Crippen molar-refractivity contribution in [3.8, 4) is 11.5 Å². The number of carbonyl (C=O) groups is 2. The van der Waals surface area contributed by atoms with Crippen LogP contribution < -0.4 is 9.47 Å². The van der Waals surface area contributed by atoms with E-state index in [1.807, 2.05) is 0 Å². The fourth-order valence-corrected chi connectivity index (χ4v) is 1.97. The number of ketones is 1. The molecule has 0 N–H and O–H groups in total. The summed E-state index contributed by atoms with van der Waals surface area (Å²) in [6.07, 6.45) is 0.668. The first-order valence-electron chi connectivity index (χ1n) is 6.02. The second-order valence-electron chi connectivity index (χ2n) is 4.11. The van der Waals surface area contributed by atoms with Gasteiger partial charge in [-0.3, -0.25) is 9.59 Å². The Hall–Kier alpha value is -2.62. The predicted molar refractivity (Wildman–Crippen MR) is 74.8 cm³/mol. The summed E-state index contributed by atoms with van der Waals surface area (Å²) in [5.74, 6) is 0.668. The Kier molecular flexibility index (Phi) is 4.15. The topological polar surface area (TPSA) is 52.6 Å². The van der Waals surface area contributed by atoms with E-state index >= 15 is 0 Å². The van der Waals surface area contributed by atoms with Gasteiger partial charge in [-0.1, -0.05) is 18.2 Å². The largest absolute Gasteiger partial charge is 0.497 e. The van der Waals surface area contributed by atoms with Crippen LogP contribution in [0.2, 0.25) is 0 Å². The Labute approximate surface area is 116 Å². The van der Waals surface area contributed by atoms with Gasteiger partial charge in [0.15, 0.2) is 12.1 Å². The van der Waals surface area contributed by atoms with Crippen LogP contribution in [0.3, 0.4) is 0 Å². The molecule has 0 fully saturated rings. The Morgan fingerprint density at radius 3 is 2.45 bits per heavy atom. The molecule has 0 spiro atoms. The summed E-state index contributed by atoms with van der Waals surface area (Å²) in [6.45, 7) is 0. The molecule has 0 saturated carbocycles. The molecular formula is C16H14O4. The van der Waals surface area contributed by atoms with Crippen molar-refractivity contribution in [3.63, 3.8) is 0 Å². The van der Waals surface area contributed by atoms with Gasteiger partial charge in [0.25, 0.3) is 0 Å². The van der Waals surface area contributed by atoms with Crippen LogP contribution in [0.25, 0.3) is 0 Å². The molecule has 2 aromatic rings. The van der Waals surface area contributed by atoms with E-state index in [1.54, 1.807) is 42.5 Å². The van der Waals surface area contributed by atoms with E-state index in [0.29, 0.717) is 28.7 Å². The van der Waals surface area contributed by atoms with Crippen molar-refractivity contribution in [2.45, 2.75) is 0 Å². The van der Waals surface area contributed by atoms with Crippen LogP contribution >= 0.6 is 0 Å². The van der Waals surface area contributed by atoms with Gasteiger partial charge < -0.3 is 9.47 Å². The average molecular weight is 270 g/mol. The number of aldehydes is 1. The first-order chi connectivity index (χ1) is 9.71. The van der Waals surface area contributed by atoms with E-state index in [1.165, 1.54) is 14.2 Å². The van der Waals surface area contributed by atoms with Crippen molar-refractivity contribution in [1.29, 1.82) is 0 Å². The molecule has 0 atom stereocenters. The number of para-hydroxylation sites is 1. The maximum absolute atomic E-state index is 12.5. The highest BCUT2D eigenvalue weighted by molar-refractivity contribution is 6.12. The lowest BCUT2D eigenvalue weighted by molar-refractivity contribution is 0.103. The molecule has 0 aliphatic heterocycles. The number of benzene rings is 2. The minimum Gasteiger partial charge on any atom is -0.497 e. The summed E-state index contributed by atoms with van der Waals surface area (Å²) in [4.78, 5) is 23.5. The Balaban J connectivity index is 2.50. The average Bonchev–Trinajstić information content (AvgIpc) is 2.53. The quantitative estimate of drug-likeness (QED) is 0.619. The van der Waals surface area contributed by atoms with E-state index in [2.05, 4.69) is 0 Å². The van der Waals surface area contributed by atoms with Crippen molar-refractivity contribution in [3.05, 3.63) is 59.2 Å². The maximum atomic E-state index is 12.5. The highest BCUT2D eigenvalue weighted by atomic mass is 16.5. The van der Waals surface area contributed by atoms with Crippen LogP contribution in [0.5, 0.6) is 11.5 Å². The lowest BCUT2D eigenvalue weighted by atomic mass is 10.00. The molecule has 0 radical (unpaired) electrons. The molecule has 102 valence electrons. The normalized spacial score (nSPS) is 9.90. The minimum absolute atomic E-state index is 0.218. The van der Waals surface area contributed by atoms with Gasteiger partial charge in [0.1, 0.15) is 11.5 Å². The lowest BCUT2D eigenvalue weighted by Gasteiger charge is -2.10. The second-order valence-corrected chi connectivity index (χ2v) is 4.11. The van der Waals surface area contributed by atoms with Crippen LogP contribution in [0.4, 0.5) is 0 Å². The van der Waals surface area contributed by atoms with Crippen molar-refractivity contribution in [2.75, 3.05) is 14.2 Å². The predicted octanol–water partition coefficient (Wildman–Crippen LogP) is 2.75. The molecule has 4 nitrogen and oxygen atoms in total. The molecule has 0 heterocycles. The molecule has 0 aliphatic rings. The van der Waals surface area contributed by atoms with Crippen molar-refractivity contribution < 1.29 is 19.1 Å². The van der Waals surface area contributed by atoms with Gasteiger partial charge in [-0.15, -0.1) is 0 Å². The fourth-order valence-electron chi connectivity index (χ4n) is 1.97. The molecule has 0 bridgehead atoms. The molecule has 20 heavy (non-hydrogen) atoms. The minimum atomic E-state index is -0.218. The Morgan fingerprint density at radius 1 is 1.05 bits per heavy atom. The number of methoxy groups -OCH3 is 2. The zero-order valence-corrected chi connectivity index (χ0v) is 11.3. The molecule has 0 unspecified atom stereocenters. The molecule has 2 rings (SSSR count). The number of ether oxygens (including phenoxy) is 2. The van der Waals surface area contributed by atoms with Gasteiger partial charge in [0.05, 0.1) is 25.3 Å². The maximum Gasteiger partial charge on any atom is 0.196 e. The highest BCUT2D eigenvalue weighted by Crippen LogP contribution is 2.26. The van der Waals surface area contributed by atoms with Gasteiger partial charge in [-0.2, -0.15) is 0 Å². The van der Waals surface area contributed by atoms with Crippen LogP contribution in [0.15, 0.2) is 42.5 Å². The van der Waals surface area contributed by atoms with Crippen LogP contribution in [-0.2, 0) is 0 Å². The lowest BCUT2D eigenvalue weighted by Crippen LogP contribution is -2.06. The first kappa shape index (κ1) is 13.8. The van der Waals surface area contributed by atoms with Gasteiger partial charge >= 0.3 is 0 Å². The third-order valence-electron chi connectivity index (χ3n) is 2.95. The van der Waals surface area contributed by atoms with E-state index < -0.39 is 0 Å². The second kappa shape index (κ2) is 6.02. The molecular weight excluding hydrogens is 256 g/mol. The third kappa shape index (κ3) is 2.54. The van der Waals surface area contributed by atoms with Crippen molar-refractivity contribution >= 4 is 12.1 Å². The third-order valence-corrected chi connectivity index (χ3v) is 2.95. The molecule has 0 aromatic heterocycles. The summed E-state index contributed by atoms with van der Waals surface area (Å²) in [6, 6.07) is 11.7. The van der Waals surface area contributed by atoms with Gasteiger partial charge in [0.2, 0.25) is 0 Å². The zero-order valence-electron chi connectivity index (χ0n) is 11.3. The summed E-state index contributed by atoms with van der Waals surface area (Å²) < 4.78 is 10.3. The van der Waals surface area contributed by atoms with E-state index in [9.17, 15) is 9.59 Å². The van der Waals surface area contributed by atoms with Crippen molar-refractivity contribution in [2.24, 2.45) is 0 Å². The SMILES string of the molecule is COc1cccc(C(=O)c2cccc(C=O)c2OC)c1. The standard InChI is InChI=1S/C16H14O4/c1-19-13-7-3-5-11(9-13)15(18)14-8-4-6-12(10-17)16(14)20-2/h3-10H,1-2H3. The monoisotopic (exact) mass is 270 g/mol.